The average molecular weight is 518 g/mol. The molecule has 0 aliphatic carbocycles. The molecular formula is C31H36ClN3O2. The van der Waals surface area contributed by atoms with Gasteiger partial charge in [0.15, 0.2) is 0 Å². The second-order valence-electron chi connectivity index (χ2n) is 9.10. The predicted octanol–water partition coefficient (Wildman–Crippen LogP) is 7.27. The second-order valence-corrected chi connectivity index (χ2v) is 9.54. The van der Waals surface area contributed by atoms with Crippen LogP contribution < -0.4 is 15.2 Å². The van der Waals surface area contributed by atoms with E-state index in [2.05, 4.69) is 42.0 Å². The van der Waals surface area contributed by atoms with Gasteiger partial charge in [0.1, 0.15) is 17.3 Å². The van der Waals surface area contributed by atoms with Crippen LogP contribution in [0.4, 0.5) is 0 Å². The maximum atomic E-state index is 5.96. The molecule has 0 amide bonds. The Balaban J connectivity index is 1.42. The van der Waals surface area contributed by atoms with Crippen molar-refractivity contribution in [1.82, 2.24) is 9.55 Å². The molecule has 1 aromatic heterocycles. The molecule has 4 aromatic rings. The number of aromatic nitrogens is 2. The first-order valence-corrected chi connectivity index (χ1v) is 13.5. The normalized spacial score (nSPS) is 11.0. The minimum absolute atomic E-state index is 0.615. The number of nitrogens with zero attached hydrogens (tertiary/aromatic N) is 2. The van der Waals surface area contributed by atoms with Crippen LogP contribution in [0.5, 0.6) is 11.5 Å². The molecule has 0 aliphatic heterocycles. The maximum absolute atomic E-state index is 5.96. The third-order valence-corrected chi connectivity index (χ3v) is 6.49. The summed E-state index contributed by atoms with van der Waals surface area (Å²) < 4.78 is 14.0. The van der Waals surface area contributed by atoms with Gasteiger partial charge in [-0.05, 0) is 92.0 Å². The molecule has 0 unspecified atom stereocenters. The van der Waals surface area contributed by atoms with Crippen molar-refractivity contribution in [2.45, 2.75) is 45.4 Å². The average Bonchev–Trinajstić information content (AvgIpc) is 3.36. The van der Waals surface area contributed by atoms with Gasteiger partial charge in [-0.15, -0.1) is 0 Å². The van der Waals surface area contributed by atoms with Crippen LogP contribution in [0.25, 0.3) is 16.9 Å². The monoisotopic (exact) mass is 517 g/mol. The Morgan fingerprint density at radius 3 is 2.14 bits per heavy atom. The zero-order valence-electron chi connectivity index (χ0n) is 21.5. The lowest BCUT2D eigenvalue weighted by atomic mass is 10.1. The van der Waals surface area contributed by atoms with E-state index >= 15 is 0 Å². The quantitative estimate of drug-likeness (QED) is 0.179. The summed E-state index contributed by atoms with van der Waals surface area (Å²) in [5.74, 6) is 2.80. The largest absolute Gasteiger partial charge is 0.494 e. The van der Waals surface area contributed by atoms with Gasteiger partial charge in [-0.3, -0.25) is 0 Å². The molecular weight excluding hydrogens is 482 g/mol. The van der Waals surface area contributed by atoms with Gasteiger partial charge >= 0.3 is 0 Å². The van der Waals surface area contributed by atoms with Gasteiger partial charge in [-0.25, -0.2) is 4.98 Å². The van der Waals surface area contributed by atoms with E-state index in [-0.39, 0.29) is 0 Å². The zero-order valence-corrected chi connectivity index (χ0v) is 22.3. The molecule has 194 valence electrons. The van der Waals surface area contributed by atoms with Crippen molar-refractivity contribution in [2.24, 2.45) is 5.73 Å². The highest BCUT2D eigenvalue weighted by atomic mass is 35.5. The lowest BCUT2D eigenvalue weighted by Gasteiger charge is -2.10. The number of nitrogens with two attached hydrogens (primary N) is 1. The molecule has 0 radical (unpaired) electrons. The van der Waals surface area contributed by atoms with Gasteiger partial charge in [0.25, 0.3) is 0 Å². The van der Waals surface area contributed by atoms with Crippen LogP contribution in [0, 0.1) is 0 Å². The summed E-state index contributed by atoms with van der Waals surface area (Å²) in [6, 6.07) is 24.3. The summed E-state index contributed by atoms with van der Waals surface area (Å²) in [6.07, 6.45) is 8.06. The molecule has 0 aliphatic rings. The van der Waals surface area contributed by atoms with E-state index in [1.54, 1.807) is 0 Å². The van der Waals surface area contributed by atoms with Crippen molar-refractivity contribution >= 4 is 11.6 Å². The molecule has 1 heterocycles. The first-order valence-electron chi connectivity index (χ1n) is 13.2. The van der Waals surface area contributed by atoms with Crippen LogP contribution in [0.1, 0.15) is 44.0 Å². The standard InChI is InChI=1S/C31H36ClN3O2/c1-2-3-6-31-34-30(23-35(31)27-13-17-29(18-14-27)36-21-5-4-20-33)25-9-15-28(16-10-25)37-22-19-24-7-11-26(32)12-8-24/h7-18,23H,2-6,19-22,33H2,1H3. The molecule has 4 rings (SSSR count). The lowest BCUT2D eigenvalue weighted by Crippen LogP contribution is -2.04. The Morgan fingerprint density at radius 2 is 1.46 bits per heavy atom. The number of aryl methyl sites for hydroxylation is 1. The smallest absolute Gasteiger partial charge is 0.119 e. The number of ether oxygens (including phenoxy) is 2. The number of rotatable bonds is 14. The third-order valence-electron chi connectivity index (χ3n) is 6.24. The molecule has 6 heteroatoms. The number of imidazole rings is 1. The highest BCUT2D eigenvalue weighted by Gasteiger charge is 2.12. The second kappa shape index (κ2) is 13.9. The number of benzene rings is 3. The van der Waals surface area contributed by atoms with Gasteiger partial charge in [0, 0.05) is 35.3 Å². The number of unbranched alkanes of at least 4 members (excludes halogenated alkanes) is 2. The van der Waals surface area contributed by atoms with E-state index in [1.165, 1.54) is 5.56 Å². The molecule has 0 fully saturated rings. The van der Waals surface area contributed by atoms with Crippen molar-refractivity contribution in [3.05, 3.63) is 95.4 Å². The Kier molecular flexibility index (Phi) is 10.0. The minimum Gasteiger partial charge on any atom is -0.494 e. The summed E-state index contributed by atoms with van der Waals surface area (Å²) in [5, 5.41) is 0.751. The lowest BCUT2D eigenvalue weighted by molar-refractivity contribution is 0.308. The van der Waals surface area contributed by atoms with Crippen molar-refractivity contribution in [2.75, 3.05) is 19.8 Å². The Labute approximate surface area is 225 Å². The number of halogens is 1. The fourth-order valence-corrected chi connectivity index (χ4v) is 4.22. The van der Waals surface area contributed by atoms with Crippen LogP contribution in [-0.4, -0.2) is 29.3 Å². The molecule has 0 atom stereocenters. The SMILES string of the molecule is CCCCc1nc(-c2ccc(OCCc3ccc(Cl)cc3)cc2)cn1-c1ccc(OCCCCN)cc1. The van der Waals surface area contributed by atoms with Crippen LogP contribution in [0.2, 0.25) is 5.02 Å². The minimum atomic E-state index is 0.615. The van der Waals surface area contributed by atoms with E-state index in [4.69, 9.17) is 31.8 Å². The van der Waals surface area contributed by atoms with Crippen LogP contribution in [0.15, 0.2) is 79.0 Å². The van der Waals surface area contributed by atoms with Gasteiger partial charge in [-0.2, -0.15) is 0 Å². The van der Waals surface area contributed by atoms with Crippen molar-refractivity contribution in [3.8, 4) is 28.4 Å². The molecule has 3 aromatic carbocycles. The molecule has 0 saturated carbocycles. The molecule has 0 saturated heterocycles. The fourth-order valence-electron chi connectivity index (χ4n) is 4.09. The van der Waals surface area contributed by atoms with Gasteiger partial charge < -0.3 is 19.8 Å². The molecule has 2 N–H and O–H groups in total. The van der Waals surface area contributed by atoms with E-state index in [1.807, 2.05) is 48.5 Å². The first-order chi connectivity index (χ1) is 18.2. The third kappa shape index (κ3) is 7.85. The van der Waals surface area contributed by atoms with E-state index in [0.717, 1.165) is 77.8 Å². The van der Waals surface area contributed by atoms with Gasteiger partial charge in [0.05, 0.1) is 18.9 Å². The summed E-state index contributed by atoms with van der Waals surface area (Å²) >= 11 is 5.96. The predicted molar refractivity (Wildman–Crippen MR) is 152 cm³/mol. The summed E-state index contributed by atoms with van der Waals surface area (Å²) in [7, 11) is 0. The topological polar surface area (TPSA) is 62.3 Å². The van der Waals surface area contributed by atoms with Gasteiger partial charge in [-0.1, -0.05) is 37.1 Å². The highest BCUT2D eigenvalue weighted by Crippen LogP contribution is 2.26. The summed E-state index contributed by atoms with van der Waals surface area (Å²) in [4.78, 5) is 4.99. The van der Waals surface area contributed by atoms with E-state index < -0.39 is 0 Å². The molecule has 5 nitrogen and oxygen atoms in total. The maximum Gasteiger partial charge on any atom is 0.119 e. The van der Waals surface area contributed by atoms with E-state index in [9.17, 15) is 0 Å². The number of hydrogen-bond acceptors (Lipinski definition) is 4. The summed E-state index contributed by atoms with van der Waals surface area (Å²) in [6.45, 7) is 4.21. The fraction of sp³-hybridized carbons (Fsp3) is 0.323. The van der Waals surface area contributed by atoms with Crippen molar-refractivity contribution < 1.29 is 9.47 Å². The van der Waals surface area contributed by atoms with Crippen LogP contribution in [0.3, 0.4) is 0 Å². The van der Waals surface area contributed by atoms with Crippen molar-refractivity contribution in [1.29, 1.82) is 0 Å². The Bertz CT molecular complexity index is 1220. The Morgan fingerprint density at radius 1 is 0.784 bits per heavy atom. The first kappa shape index (κ1) is 26.8. The zero-order chi connectivity index (χ0) is 25.9. The van der Waals surface area contributed by atoms with E-state index in [0.29, 0.717) is 19.8 Å². The molecule has 37 heavy (non-hydrogen) atoms. The summed E-state index contributed by atoms with van der Waals surface area (Å²) in [5.41, 5.74) is 9.88. The number of hydrogen-bond donors (Lipinski definition) is 1. The van der Waals surface area contributed by atoms with Gasteiger partial charge in [0.2, 0.25) is 0 Å². The Hall–Kier alpha value is -3.28. The van der Waals surface area contributed by atoms with Crippen molar-refractivity contribution in [3.63, 3.8) is 0 Å². The molecule has 0 spiro atoms. The van der Waals surface area contributed by atoms with Crippen LogP contribution >= 0.6 is 11.6 Å². The molecule has 0 bridgehead atoms. The highest BCUT2D eigenvalue weighted by molar-refractivity contribution is 6.30. The van der Waals surface area contributed by atoms with Crippen LogP contribution in [-0.2, 0) is 12.8 Å².